The first-order valence-corrected chi connectivity index (χ1v) is 5.79. The summed E-state index contributed by atoms with van der Waals surface area (Å²) in [5.41, 5.74) is 5.54. The van der Waals surface area contributed by atoms with Crippen molar-refractivity contribution in [3.8, 4) is 0 Å². The average Bonchev–Trinajstić information content (AvgIpc) is 2.23. The third kappa shape index (κ3) is 6.58. The number of hydrogen-bond donors (Lipinski definition) is 2. The Hall–Kier alpha value is -0.870. The maximum Gasteiger partial charge on any atom is 0.224 e. The molecule has 0 aliphatic carbocycles. The molecule has 1 unspecified atom stereocenters. The molecule has 0 saturated heterocycles. The average molecular weight is 228 g/mol. The summed E-state index contributed by atoms with van der Waals surface area (Å²) in [6.07, 6.45) is 2.65. The van der Waals surface area contributed by atoms with Gasteiger partial charge in [0.15, 0.2) is 0 Å². The van der Waals surface area contributed by atoms with E-state index in [0.29, 0.717) is 26.3 Å². The molecule has 0 rings (SSSR count). The maximum absolute atomic E-state index is 11.6. The molecule has 16 heavy (non-hydrogen) atoms. The Labute approximate surface area is 98.2 Å². The molecule has 3 N–H and O–H groups in total. The van der Waals surface area contributed by atoms with Crippen molar-refractivity contribution >= 4 is 5.91 Å². The standard InChI is InChI=1S/C12H24N2O2/c1-4-5-7-16-8-6-14-12(15)11(9-13)10(2)3/h4,10-11H,1,5-9,13H2,2-3H3,(H,14,15). The second kappa shape index (κ2) is 9.36. The van der Waals surface area contributed by atoms with Crippen LogP contribution in [0.5, 0.6) is 0 Å². The predicted molar refractivity (Wildman–Crippen MR) is 66.0 cm³/mol. The molecule has 0 aromatic heterocycles. The van der Waals surface area contributed by atoms with Crippen LogP contribution in [0.25, 0.3) is 0 Å². The smallest absolute Gasteiger partial charge is 0.224 e. The molecule has 0 spiro atoms. The third-order valence-electron chi connectivity index (χ3n) is 2.41. The Morgan fingerprint density at radius 3 is 2.69 bits per heavy atom. The first-order valence-electron chi connectivity index (χ1n) is 5.79. The lowest BCUT2D eigenvalue weighted by Crippen LogP contribution is -2.39. The third-order valence-corrected chi connectivity index (χ3v) is 2.41. The zero-order chi connectivity index (χ0) is 12.4. The summed E-state index contributed by atoms with van der Waals surface area (Å²) in [5.74, 6) is 0.185. The lowest BCUT2D eigenvalue weighted by molar-refractivity contribution is -0.126. The van der Waals surface area contributed by atoms with E-state index in [9.17, 15) is 4.79 Å². The molecule has 94 valence electrons. The van der Waals surface area contributed by atoms with E-state index in [0.717, 1.165) is 6.42 Å². The van der Waals surface area contributed by atoms with Gasteiger partial charge >= 0.3 is 0 Å². The van der Waals surface area contributed by atoms with E-state index >= 15 is 0 Å². The molecule has 0 heterocycles. The first-order chi connectivity index (χ1) is 7.63. The van der Waals surface area contributed by atoms with E-state index in [2.05, 4.69) is 11.9 Å². The van der Waals surface area contributed by atoms with Crippen molar-refractivity contribution in [2.45, 2.75) is 20.3 Å². The summed E-state index contributed by atoms with van der Waals surface area (Å²) >= 11 is 0. The number of hydrogen-bond acceptors (Lipinski definition) is 3. The minimum Gasteiger partial charge on any atom is -0.379 e. The van der Waals surface area contributed by atoms with Crippen LogP contribution in [0.15, 0.2) is 12.7 Å². The SMILES string of the molecule is C=CCCOCCNC(=O)C(CN)C(C)C. The minimum atomic E-state index is -0.104. The molecule has 0 bridgehead atoms. The molecule has 0 fully saturated rings. The fourth-order valence-corrected chi connectivity index (χ4v) is 1.33. The van der Waals surface area contributed by atoms with Crippen LogP contribution in [0.3, 0.4) is 0 Å². The zero-order valence-electron chi connectivity index (χ0n) is 10.4. The van der Waals surface area contributed by atoms with E-state index in [4.69, 9.17) is 10.5 Å². The van der Waals surface area contributed by atoms with Gasteiger partial charge in [-0.1, -0.05) is 19.9 Å². The van der Waals surface area contributed by atoms with Crippen LogP contribution in [0.2, 0.25) is 0 Å². The highest BCUT2D eigenvalue weighted by Crippen LogP contribution is 2.08. The predicted octanol–water partition coefficient (Wildman–Crippen LogP) is 0.926. The van der Waals surface area contributed by atoms with Crippen molar-refractivity contribution < 1.29 is 9.53 Å². The van der Waals surface area contributed by atoms with Crippen LogP contribution in [-0.2, 0) is 9.53 Å². The van der Waals surface area contributed by atoms with Gasteiger partial charge in [0.05, 0.1) is 19.1 Å². The molecule has 0 saturated carbocycles. The second-order valence-corrected chi connectivity index (χ2v) is 4.07. The number of ether oxygens (including phenoxy) is 1. The van der Waals surface area contributed by atoms with Gasteiger partial charge in [-0.15, -0.1) is 6.58 Å². The molecular weight excluding hydrogens is 204 g/mol. The molecule has 0 aromatic rings. The number of nitrogens with two attached hydrogens (primary N) is 1. The van der Waals surface area contributed by atoms with Crippen molar-refractivity contribution in [3.63, 3.8) is 0 Å². The summed E-state index contributed by atoms with van der Waals surface area (Å²) in [6.45, 7) is 9.72. The van der Waals surface area contributed by atoms with Crippen molar-refractivity contribution in [2.75, 3.05) is 26.3 Å². The number of carbonyl (C=O) groups excluding carboxylic acids is 1. The lowest BCUT2D eigenvalue weighted by atomic mass is 9.95. The first kappa shape index (κ1) is 15.1. The highest BCUT2D eigenvalue weighted by atomic mass is 16.5. The highest BCUT2D eigenvalue weighted by Gasteiger charge is 2.19. The molecule has 0 aliphatic rings. The van der Waals surface area contributed by atoms with Crippen molar-refractivity contribution in [1.82, 2.24) is 5.32 Å². The van der Waals surface area contributed by atoms with Gasteiger partial charge in [0, 0.05) is 13.1 Å². The van der Waals surface area contributed by atoms with Gasteiger partial charge in [-0.2, -0.15) is 0 Å². The monoisotopic (exact) mass is 228 g/mol. The van der Waals surface area contributed by atoms with Crippen LogP contribution < -0.4 is 11.1 Å². The van der Waals surface area contributed by atoms with Gasteiger partial charge in [0.25, 0.3) is 0 Å². The van der Waals surface area contributed by atoms with Gasteiger partial charge in [0.1, 0.15) is 0 Å². The fourth-order valence-electron chi connectivity index (χ4n) is 1.33. The maximum atomic E-state index is 11.6. The van der Waals surface area contributed by atoms with E-state index in [1.54, 1.807) is 0 Å². The van der Waals surface area contributed by atoms with Gasteiger partial charge in [-0.25, -0.2) is 0 Å². The van der Waals surface area contributed by atoms with Crippen LogP contribution in [0, 0.1) is 11.8 Å². The lowest BCUT2D eigenvalue weighted by Gasteiger charge is -2.18. The van der Waals surface area contributed by atoms with Crippen LogP contribution in [0.1, 0.15) is 20.3 Å². The molecule has 4 nitrogen and oxygen atoms in total. The summed E-state index contributed by atoms with van der Waals surface area (Å²) in [6, 6.07) is 0. The molecule has 0 aliphatic heterocycles. The largest absolute Gasteiger partial charge is 0.379 e. The number of rotatable bonds is 9. The van der Waals surface area contributed by atoms with Crippen molar-refractivity contribution in [2.24, 2.45) is 17.6 Å². The molecule has 0 aromatic carbocycles. The molecule has 1 atom stereocenters. The Morgan fingerprint density at radius 2 is 2.19 bits per heavy atom. The van der Waals surface area contributed by atoms with E-state index in [-0.39, 0.29) is 17.7 Å². The fraction of sp³-hybridized carbons (Fsp3) is 0.750. The summed E-state index contributed by atoms with van der Waals surface area (Å²) in [4.78, 5) is 11.6. The van der Waals surface area contributed by atoms with Gasteiger partial charge in [0.2, 0.25) is 5.91 Å². The van der Waals surface area contributed by atoms with Crippen LogP contribution >= 0.6 is 0 Å². The number of carbonyl (C=O) groups is 1. The molecule has 1 amide bonds. The van der Waals surface area contributed by atoms with E-state index < -0.39 is 0 Å². The Kier molecular flexibility index (Phi) is 8.85. The zero-order valence-corrected chi connectivity index (χ0v) is 10.4. The Bertz CT molecular complexity index is 205. The highest BCUT2D eigenvalue weighted by molar-refractivity contribution is 5.79. The molecule has 4 heteroatoms. The summed E-state index contributed by atoms with van der Waals surface area (Å²) in [7, 11) is 0. The summed E-state index contributed by atoms with van der Waals surface area (Å²) in [5, 5.41) is 2.82. The van der Waals surface area contributed by atoms with Crippen molar-refractivity contribution in [3.05, 3.63) is 12.7 Å². The van der Waals surface area contributed by atoms with Gasteiger partial charge in [-0.05, 0) is 12.3 Å². The Balaban J connectivity index is 3.59. The minimum absolute atomic E-state index is 0.0184. The molecule has 0 radical (unpaired) electrons. The quantitative estimate of drug-likeness (QED) is 0.456. The van der Waals surface area contributed by atoms with Crippen molar-refractivity contribution in [1.29, 1.82) is 0 Å². The second-order valence-electron chi connectivity index (χ2n) is 4.07. The van der Waals surface area contributed by atoms with Gasteiger partial charge in [-0.3, -0.25) is 4.79 Å². The van der Waals surface area contributed by atoms with Crippen LogP contribution in [0.4, 0.5) is 0 Å². The van der Waals surface area contributed by atoms with Gasteiger partial charge < -0.3 is 15.8 Å². The van der Waals surface area contributed by atoms with E-state index in [1.807, 2.05) is 19.9 Å². The number of nitrogens with one attached hydrogen (secondary N) is 1. The number of amides is 1. The molecular formula is C12H24N2O2. The summed E-state index contributed by atoms with van der Waals surface area (Å²) < 4.78 is 5.28. The Morgan fingerprint density at radius 1 is 1.50 bits per heavy atom. The van der Waals surface area contributed by atoms with Crippen LogP contribution in [-0.4, -0.2) is 32.2 Å². The topological polar surface area (TPSA) is 64.3 Å². The van der Waals surface area contributed by atoms with E-state index in [1.165, 1.54) is 0 Å². The normalized spacial score (nSPS) is 12.5.